The highest BCUT2D eigenvalue weighted by Gasteiger charge is 2.41. The first-order valence-corrected chi connectivity index (χ1v) is 7.18. The fraction of sp³-hybridized carbons (Fsp3) is 0.571. The molecule has 0 radical (unpaired) electrons. The molecular weight excluding hydrogens is 294 g/mol. The van der Waals surface area contributed by atoms with Gasteiger partial charge in [0.1, 0.15) is 0 Å². The van der Waals surface area contributed by atoms with Crippen molar-refractivity contribution < 1.29 is 9.47 Å². The number of benzene rings is 1. The molecule has 3 nitrogen and oxygen atoms in total. The Morgan fingerprint density at radius 2 is 2.00 bits per heavy atom. The smallest absolute Gasteiger partial charge is 0.0990 e. The second kappa shape index (κ2) is 6.66. The van der Waals surface area contributed by atoms with E-state index in [1.54, 1.807) is 0 Å². The summed E-state index contributed by atoms with van der Waals surface area (Å²) in [5.74, 6) is 0. The van der Waals surface area contributed by atoms with Crippen LogP contribution in [0.25, 0.3) is 0 Å². The van der Waals surface area contributed by atoms with Crippen LogP contribution in [0.1, 0.15) is 18.9 Å². The van der Waals surface area contributed by atoms with Gasteiger partial charge in [0.25, 0.3) is 0 Å². The molecule has 0 spiro atoms. The molecule has 1 fully saturated rings. The minimum absolute atomic E-state index is 0.190. The zero-order valence-electron chi connectivity index (χ0n) is 10.9. The highest BCUT2D eigenvalue weighted by atomic mass is 79.9. The number of nitrogens with one attached hydrogen (secondary N) is 1. The molecule has 4 heteroatoms. The zero-order chi connectivity index (χ0) is 13.0. The number of hydrogen-bond donors (Lipinski definition) is 1. The maximum atomic E-state index is 5.92. The molecule has 0 saturated heterocycles. The van der Waals surface area contributed by atoms with Gasteiger partial charge in [-0.25, -0.2) is 0 Å². The molecule has 0 aromatic heterocycles. The van der Waals surface area contributed by atoms with Crippen LogP contribution < -0.4 is 5.32 Å². The van der Waals surface area contributed by atoms with Gasteiger partial charge in [0.15, 0.2) is 0 Å². The Morgan fingerprint density at radius 3 is 2.61 bits per heavy atom. The van der Waals surface area contributed by atoms with Gasteiger partial charge in [0, 0.05) is 17.1 Å². The number of rotatable bonds is 6. The molecule has 1 saturated carbocycles. The van der Waals surface area contributed by atoms with Crippen LogP contribution in [-0.4, -0.2) is 31.9 Å². The van der Waals surface area contributed by atoms with E-state index in [2.05, 4.69) is 33.4 Å². The maximum Gasteiger partial charge on any atom is 0.0990 e. The van der Waals surface area contributed by atoms with Gasteiger partial charge >= 0.3 is 0 Å². The first-order chi connectivity index (χ1) is 8.74. The van der Waals surface area contributed by atoms with E-state index in [1.807, 2.05) is 26.1 Å². The standard InChI is InChI=1S/C14H20BrNO2/c1-3-17-14-12(16-2)8-13(14)18-9-10-4-6-11(15)7-5-10/h4-7,12-14,16H,3,8-9H2,1-2H3. The predicted octanol–water partition coefficient (Wildman–Crippen LogP) is 2.73. The largest absolute Gasteiger partial charge is 0.374 e. The summed E-state index contributed by atoms with van der Waals surface area (Å²) in [5.41, 5.74) is 1.20. The third kappa shape index (κ3) is 3.32. The number of ether oxygens (including phenoxy) is 2. The maximum absolute atomic E-state index is 5.92. The van der Waals surface area contributed by atoms with Gasteiger partial charge in [-0.05, 0) is 38.1 Å². The molecule has 1 N–H and O–H groups in total. The summed E-state index contributed by atoms with van der Waals surface area (Å²) < 4.78 is 12.7. The van der Waals surface area contributed by atoms with Crippen LogP contribution in [0.15, 0.2) is 28.7 Å². The van der Waals surface area contributed by atoms with Crippen LogP contribution in [0.3, 0.4) is 0 Å². The van der Waals surface area contributed by atoms with Crippen molar-refractivity contribution in [3.8, 4) is 0 Å². The van der Waals surface area contributed by atoms with Crippen molar-refractivity contribution in [1.82, 2.24) is 5.32 Å². The lowest BCUT2D eigenvalue weighted by molar-refractivity contribution is -0.148. The van der Waals surface area contributed by atoms with Crippen molar-refractivity contribution in [3.63, 3.8) is 0 Å². The molecule has 100 valence electrons. The van der Waals surface area contributed by atoms with Crippen LogP contribution in [0, 0.1) is 0 Å². The van der Waals surface area contributed by atoms with Gasteiger partial charge in [-0.3, -0.25) is 0 Å². The van der Waals surface area contributed by atoms with E-state index in [9.17, 15) is 0 Å². The van der Waals surface area contributed by atoms with E-state index in [0.717, 1.165) is 17.5 Å². The molecule has 1 aromatic rings. The van der Waals surface area contributed by atoms with Gasteiger partial charge in [-0.1, -0.05) is 28.1 Å². The second-order valence-corrected chi connectivity index (χ2v) is 5.44. The third-order valence-electron chi connectivity index (χ3n) is 3.36. The highest BCUT2D eigenvalue weighted by molar-refractivity contribution is 9.10. The monoisotopic (exact) mass is 313 g/mol. The van der Waals surface area contributed by atoms with E-state index in [4.69, 9.17) is 9.47 Å². The number of likely N-dealkylation sites (N-methyl/N-ethyl adjacent to an activating group) is 1. The van der Waals surface area contributed by atoms with Gasteiger partial charge in [-0.2, -0.15) is 0 Å². The lowest BCUT2D eigenvalue weighted by Crippen LogP contribution is -2.59. The summed E-state index contributed by atoms with van der Waals surface area (Å²) in [5, 5.41) is 3.26. The average Bonchev–Trinajstić information content (AvgIpc) is 2.37. The Balaban J connectivity index is 1.81. The van der Waals surface area contributed by atoms with Gasteiger partial charge in [0.05, 0.1) is 18.8 Å². The molecule has 2 rings (SSSR count). The van der Waals surface area contributed by atoms with E-state index in [-0.39, 0.29) is 12.2 Å². The Bertz CT molecular complexity index is 369. The topological polar surface area (TPSA) is 30.5 Å². The summed E-state index contributed by atoms with van der Waals surface area (Å²) in [4.78, 5) is 0. The Morgan fingerprint density at radius 1 is 1.28 bits per heavy atom. The minimum Gasteiger partial charge on any atom is -0.374 e. The molecule has 1 aromatic carbocycles. The summed E-state index contributed by atoms with van der Waals surface area (Å²) in [6.45, 7) is 3.41. The van der Waals surface area contributed by atoms with Crippen LogP contribution in [-0.2, 0) is 16.1 Å². The summed E-state index contributed by atoms with van der Waals surface area (Å²) in [7, 11) is 1.97. The van der Waals surface area contributed by atoms with Crippen molar-refractivity contribution in [2.45, 2.75) is 38.2 Å². The van der Waals surface area contributed by atoms with E-state index in [0.29, 0.717) is 12.6 Å². The summed E-state index contributed by atoms with van der Waals surface area (Å²) >= 11 is 3.43. The predicted molar refractivity (Wildman–Crippen MR) is 75.6 cm³/mol. The number of halogens is 1. The lowest BCUT2D eigenvalue weighted by atomic mass is 9.85. The normalized spacial score (nSPS) is 26.9. The Kier molecular flexibility index (Phi) is 5.18. The quantitative estimate of drug-likeness (QED) is 0.876. The Labute approximate surface area is 117 Å². The van der Waals surface area contributed by atoms with Gasteiger partial charge in [0.2, 0.25) is 0 Å². The molecule has 0 bridgehead atoms. The molecule has 0 amide bonds. The summed E-state index contributed by atoms with van der Waals surface area (Å²) in [6, 6.07) is 8.66. The number of hydrogen-bond acceptors (Lipinski definition) is 3. The van der Waals surface area contributed by atoms with Crippen molar-refractivity contribution in [3.05, 3.63) is 34.3 Å². The zero-order valence-corrected chi connectivity index (χ0v) is 12.4. The lowest BCUT2D eigenvalue weighted by Gasteiger charge is -2.43. The van der Waals surface area contributed by atoms with Crippen LogP contribution >= 0.6 is 15.9 Å². The molecule has 0 heterocycles. The fourth-order valence-electron chi connectivity index (χ4n) is 2.23. The minimum atomic E-state index is 0.190. The molecule has 0 aliphatic heterocycles. The van der Waals surface area contributed by atoms with Crippen molar-refractivity contribution >= 4 is 15.9 Å². The molecular formula is C14H20BrNO2. The second-order valence-electron chi connectivity index (χ2n) is 4.53. The molecule has 3 unspecified atom stereocenters. The molecule has 1 aliphatic rings. The first kappa shape index (κ1) is 14.0. The van der Waals surface area contributed by atoms with Gasteiger partial charge < -0.3 is 14.8 Å². The average molecular weight is 314 g/mol. The molecule has 1 aliphatic carbocycles. The van der Waals surface area contributed by atoms with Crippen LogP contribution in [0.5, 0.6) is 0 Å². The first-order valence-electron chi connectivity index (χ1n) is 6.39. The fourth-order valence-corrected chi connectivity index (χ4v) is 2.49. The van der Waals surface area contributed by atoms with Crippen molar-refractivity contribution in [2.75, 3.05) is 13.7 Å². The highest BCUT2D eigenvalue weighted by Crippen LogP contribution is 2.28. The SMILES string of the molecule is CCOC1C(NC)CC1OCc1ccc(Br)cc1. The Hall–Kier alpha value is -0.420. The van der Waals surface area contributed by atoms with E-state index < -0.39 is 0 Å². The van der Waals surface area contributed by atoms with Crippen molar-refractivity contribution in [1.29, 1.82) is 0 Å². The van der Waals surface area contributed by atoms with Crippen LogP contribution in [0.4, 0.5) is 0 Å². The van der Waals surface area contributed by atoms with Crippen molar-refractivity contribution in [2.24, 2.45) is 0 Å². The summed E-state index contributed by atoms with van der Waals surface area (Å²) in [6.07, 6.45) is 1.43. The molecule has 3 atom stereocenters. The van der Waals surface area contributed by atoms with Crippen LogP contribution in [0.2, 0.25) is 0 Å². The van der Waals surface area contributed by atoms with Gasteiger partial charge in [-0.15, -0.1) is 0 Å². The van der Waals surface area contributed by atoms with E-state index >= 15 is 0 Å². The van der Waals surface area contributed by atoms with E-state index in [1.165, 1.54) is 5.56 Å². The third-order valence-corrected chi connectivity index (χ3v) is 3.89. The molecule has 18 heavy (non-hydrogen) atoms.